The highest BCUT2D eigenvalue weighted by molar-refractivity contribution is 8.93. The zero-order valence-corrected chi connectivity index (χ0v) is 13.6. The lowest BCUT2D eigenvalue weighted by atomic mass is 9.81. The first-order valence-corrected chi connectivity index (χ1v) is 6.90. The van der Waals surface area contributed by atoms with Gasteiger partial charge in [0, 0.05) is 11.4 Å². The Hall–Kier alpha value is 0.730. The van der Waals surface area contributed by atoms with Crippen LogP contribution in [0.2, 0.25) is 0 Å². The predicted octanol–water partition coefficient (Wildman–Crippen LogP) is 4.91. The molecule has 0 aromatic carbocycles. The van der Waals surface area contributed by atoms with Gasteiger partial charge in [0.25, 0.3) is 0 Å². The molecule has 0 aliphatic rings. The van der Waals surface area contributed by atoms with Crippen LogP contribution in [0.15, 0.2) is 0 Å². The molecule has 0 aromatic rings. The van der Waals surface area contributed by atoms with Gasteiger partial charge < -0.3 is 5.73 Å². The Morgan fingerprint density at radius 1 is 1.06 bits per heavy atom. The Morgan fingerprint density at radius 3 is 2.06 bits per heavy atom. The molecule has 0 amide bonds. The normalized spacial score (nSPS) is 13.3. The van der Waals surface area contributed by atoms with Crippen LogP contribution in [0, 0.1) is 5.92 Å². The van der Waals surface area contributed by atoms with Crippen LogP contribution in [-0.2, 0) is 0 Å². The summed E-state index contributed by atoms with van der Waals surface area (Å²) in [4.78, 5) is 0. The van der Waals surface area contributed by atoms with Gasteiger partial charge in [0.1, 0.15) is 0 Å². The van der Waals surface area contributed by atoms with Crippen molar-refractivity contribution < 1.29 is 0 Å². The lowest BCUT2D eigenvalue weighted by molar-refractivity contribution is 0.273. The number of alkyl halides is 1. The van der Waals surface area contributed by atoms with Gasteiger partial charge in [-0.2, -0.15) is 0 Å². The smallest absolute Gasteiger partial charge is 0.0223 e. The minimum atomic E-state index is -0.0434. The fourth-order valence-corrected chi connectivity index (χ4v) is 2.18. The third-order valence-corrected chi connectivity index (χ3v) is 3.41. The maximum Gasteiger partial charge on any atom is 0.0223 e. The van der Waals surface area contributed by atoms with Crippen LogP contribution in [0.1, 0.15) is 65.7 Å². The van der Waals surface area contributed by atoms with E-state index < -0.39 is 0 Å². The van der Waals surface area contributed by atoms with E-state index in [-0.39, 0.29) is 22.5 Å². The van der Waals surface area contributed by atoms with Crippen molar-refractivity contribution in [2.45, 2.75) is 71.3 Å². The fraction of sp³-hybridized carbons (Fsp3) is 1.00. The Labute approximate surface area is 117 Å². The van der Waals surface area contributed by atoms with Gasteiger partial charge in [0.05, 0.1) is 0 Å². The molecule has 1 nitrogen and oxygen atoms in total. The molecule has 16 heavy (non-hydrogen) atoms. The van der Waals surface area contributed by atoms with E-state index >= 15 is 0 Å². The molecular weight excluding hydrogens is 286 g/mol. The van der Waals surface area contributed by atoms with Crippen molar-refractivity contribution in [1.29, 1.82) is 0 Å². The van der Waals surface area contributed by atoms with Crippen molar-refractivity contribution >= 4 is 28.6 Å². The lowest BCUT2D eigenvalue weighted by Crippen LogP contribution is -2.41. The average molecular weight is 315 g/mol. The molecule has 1 unspecified atom stereocenters. The zero-order valence-electron chi connectivity index (χ0n) is 11.1. The van der Waals surface area contributed by atoms with Gasteiger partial charge in [0.15, 0.2) is 0 Å². The van der Waals surface area contributed by atoms with Gasteiger partial charge in [-0.3, -0.25) is 0 Å². The Kier molecular flexibility index (Phi) is 12.9. The molecule has 100 valence electrons. The summed E-state index contributed by atoms with van der Waals surface area (Å²) >= 11 is 5.74. The topological polar surface area (TPSA) is 26.0 Å². The Morgan fingerprint density at radius 2 is 1.62 bits per heavy atom. The molecule has 3 heteroatoms. The van der Waals surface area contributed by atoms with E-state index in [2.05, 4.69) is 20.8 Å². The van der Waals surface area contributed by atoms with Gasteiger partial charge in [-0.25, -0.2) is 0 Å². The van der Waals surface area contributed by atoms with E-state index in [0.29, 0.717) is 5.92 Å². The van der Waals surface area contributed by atoms with Crippen molar-refractivity contribution in [1.82, 2.24) is 0 Å². The molecule has 0 saturated heterocycles. The third kappa shape index (κ3) is 9.92. The van der Waals surface area contributed by atoms with Crippen LogP contribution in [0.25, 0.3) is 0 Å². The van der Waals surface area contributed by atoms with Crippen LogP contribution in [-0.4, -0.2) is 11.4 Å². The van der Waals surface area contributed by atoms with E-state index in [1.54, 1.807) is 0 Å². The molecular formula is C13H29BrClN. The molecule has 0 spiro atoms. The van der Waals surface area contributed by atoms with Crippen molar-refractivity contribution in [3.05, 3.63) is 0 Å². The molecule has 1 atom stereocenters. The quantitative estimate of drug-likeness (QED) is 0.475. The van der Waals surface area contributed by atoms with Gasteiger partial charge in [0.2, 0.25) is 0 Å². The summed E-state index contributed by atoms with van der Waals surface area (Å²) in [5.74, 6) is 1.40. The summed E-state index contributed by atoms with van der Waals surface area (Å²) in [6, 6.07) is 0. The highest BCUT2D eigenvalue weighted by atomic mass is 79.9. The molecule has 0 aliphatic heterocycles. The molecule has 0 bridgehead atoms. The van der Waals surface area contributed by atoms with E-state index in [0.717, 1.165) is 12.3 Å². The molecule has 0 aromatic heterocycles. The van der Waals surface area contributed by atoms with Crippen LogP contribution < -0.4 is 5.73 Å². The van der Waals surface area contributed by atoms with E-state index in [9.17, 15) is 0 Å². The fourth-order valence-electron chi connectivity index (χ4n) is 2.03. The van der Waals surface area contributed by atoms with Gasteiger partial charge in [-0.1, -0.05) is 32.6 Å². The van der Waals surface area contributed by atoms with Gasteiger partial charge >= 0.3 is 0 Å². The summed E-state index contributed by atoms with van der Waals surface area (Å²) < 4.78 is 0. The zero-order chi connectivity index (χ0) is 11.7. The maximum atomic E-state index is 6.19. The number of rotatable bonds is 9. The van der Waals surface area contributed by atoms with Crippen molar-refractivity contribution in [2.24, 2.45) is 11.7 Å². The number of unbranched alkanes of at least 4 members (excludes halogenated alkanes) is 3. The number of hydrogen-bond acceptors (Lipinski definition) is 1. The second-order valence-corrected chi connectivity index (χ2v) is 5.58. The van der Waals surface area contributed by atoms with E-state index in [1.165, 1.54) is 38.5 Å². The largest absolute Gasteiger partial charge is 0.325 e. The monoisotopic (exact) mass is 313 g/mol. The van der Waals surface area contributed by atoms with Crippen LogP contribution in [0.4, 0.5) is 0 Å². The molecule has 0 saturated carbocycles. The molecule has 0 radical (unpaired) electrons. The lowest BCUT2D eigenvalue weighted by Gasteiger charge is -2.30. The van der Waals surface area contributed by atoms with Crippen molar-refractivity contribution in [2.75, 3.05) is 5.88 Å². The Balaban J connectivity index is 0. The first-order chi connectivity index (χ1) is 7.02. The molecule has 0 heterocycles. The van der Waals surface area contributed by atoms with Crippen molar-refractivity contribution in [3.8, 4) is 0 Å². The van der Waals surface area contributed by atoms with Gasteiger partial charge in [-0.15, -0.1) is 28.6 Å². The second kappa shape index (κ2) is 10.9. The third-order valence-electron chi connectivity index (χ3n) is 3.14. The predicted molar refractivity (Wildman–Crippen MR) is 80.8 cm³/mol. The minimum Gasteiger partial charge on any atom is -0.325 e. The number of nitrogens with two attached hydrogens (primary N) is 1. The number of hydrogen-bond donors (Lipinski definition) is 1. The van der Waals surface area contributed by atoms with Crippen LogP contribution in [0.3, 0.4) is 0 Å². The number of halogens is 2. The first-order valence-electron chi connectivity index (χ1n) is 6.37. The standard InChI is InChI=1S/C13H28ClN.BrH/c1-4-5-6-7-9-12(10-8-11-14)13(2,3)15;/h12H,4-11,15H2,1-3H3;1H. The molecule has 0 fully saturated rings. The molecule has 2 N–H and O–H groups in total. The van der Waals surface area contributed by atoms with Crippen molar-refractivity contribution in [3.63, 3.8) is 0 Å². The highest BCUT2D eigenvalue weighted by Gasteiger charge is 2.23. The minimum absolute atomic E-state index is 0. The summed E-state index contributed by atoms with van der Waals surface area (Å²) in [7, 11) is 0. The highest BCUT2D eigenvalue weighted by Crippen LogP contribution is 2.25. The Bertz CT molecular complexity index is 145. The van der Waals surface area contributed by atoms with Crippen LogP contribution >= 0.6 is 28.6 Å². The van der Waals surface area contributed by atoms with E-state index in [1.807, 2.05) is 0 Å². The molecule has 0 rings (SSSR count). The maximum absolute atomic E-state index is 6.19. The second-order valence-electron chi connectivity index (χ2n) is 5.20. The first kappa shape index (κ1) is 19.1. The van der Waals surface area contributed by atoms with Crippen LogP contribution in [0.5, 0.6) is 0 Å². The summed E-state index contributed by atoms with van der Waals surface area (Å²) in [5.41, 5.74) is 6.15. The average Bonchev–Trinajstić information content (AvgIpc) is 2.15. The summed E-state index contributed by atoms with van der Waals surface area (Å²) in [5, 5.41) is 0. The van der Waals surface area contributed by atoms with E-state index in [4.69, 9.17) is 17.3 Å². The SMILES string of the molecule is Br.CCCCCCC(CCCCl)C(C)(C)N. The van der Waals surface area contributed by atoms with Gasteiger partial charge in [-0.05, 0) is 39.0 Å². The molecule has 0 aliphatic carbocycles. The summed E-state index contributed by atoms with van der Waals surface area (Å²) in [6.45, 7) is 6.54. The summed E-state index contributed by atoms with van der Waals surface area (Å²) in [6.07, 6.45) is 8.87.